The summed E-state index contributed by atoms with van der Waals surface area (Å²) in [4.78, 5) is 14.2. The lowest BCUT2D eigenvalue weighted by atomic mass is 10.0. The van der Waals surface area contributed by atoms with Crippen LogP contribution in [0, 0.1) is 5.82 Å². The molecule has 1 fully saturated rings. The molecule has 21 heavy (non-hydrogen) atoms. The van der Waals surface area contributed by atoms with Crippen molar-refractivity contribution in [1.29, 1.82) is 0 Å². The van der Waals surface area contributed by atoms with E-state index in [2.05, 4.69) is 4.90 Å². The second kappa shape index (κ2) is 7.52. The van der Waals surface area contributed by atoms with E-state index in [4.69, 9.17) is 9.47 Å². The summed E-state index contributed by atoms with van der Waals surface area (Å²) in [6, 6.07) is 5.56. The van der Waals surface area contributed by atoms with E-state index in [0.29, 0.717) is 6.61 Å². The van der Waals surface area contributed by atoms with Gasteiger partial charge in [0.15, 0.2) is 0 Å². The Morgan fingerprint density at radius 1 is 1.33 bits per heavy atom. The Morgan fingerprint density at radius 2 is 1.95 bits per heavy atom. The molecule has 1 heterocycles. The first-order valence-corrected chi connectivity index (χ1v) is 7.34. The minimum Gasteiger partial charge on any atom is -0.468 e. The Bertz CT molecular complexity index is 455. The summed E-state index contributed by atoms with van der Waals surface area (Å²) in [5, 5.41) is 0. The number of nitrogens with zero attached hydrogens (tertiary/aromatic N) is 1. The smallest absolute Gasteiger partial charge is 0.327 e. The molecule has 0 saturated carbocycles. The van der Waals surface area contributed by atoms with Gasteiger partial charge in [-0.05, 0) is 37.5 Å². The molecule has 5 heteroatoms. The minimum absolute atomic E-state index is 0.262. The molecule has 1 aliphatic heterocycles. The zero-order valence-corrected chi connectivity index (χ0v) is 12.5. The molecule has 0 amide bonds. The maximum absolute atomic E-state index is 13.1. The van der Waals surface area contributed by atoms with Crippen molar-refractivity contribution >= 4 is 5.97 Å². The van der Waals surface area contributed by atoms with Gasteiger partial charge in [0.05, 0.1) is 13.2 Å². The first-order valence-electron chi connectivity index (χ1n) is 7.34. The Labute approximate surface area is 124 Å². The fourth-order valence-corrected chi connectivity index (χ4v) is 2.79. The fourth-order valence-electron chi connectivity index (χ4n) is 2.79. The number of hydrogen-bond donors (Lipinski definition) is 0. The van der Waals surface area contributed by atoms with Crippen molar-refractivity contribution in [3.63, 3.8) is 0 Å². The molecule has 0 bridgehead atoms. The van der Waals surface area contributed by atoms with Crippen molar-refractivity contribution in [2.75, 3.05) is 26.8 Å². The van der Waals surface area contributed by atoms with Crippen LogP contribution in [0.1, 0.15) is 31.4 Å². The third kappa shape index (κ3) is 4.02. The third-order valence-corrected chi connectivity index (χ3v) is 3.85. The summed E-state index contributed by atoms with van der Waals surface area (Å²) in [5.41, 5.74) is 0.762. The molecule has 0 spiro atoms. The zero-order valence-electron chi connectivity index (χ0n) is 12.5. The molecule has 1 aromatic rings. The molecule has 0 radical (unpaired) electrons. The predicted molar refractivity (Wildman–Crippen MR) is 77.4 cm³/mol. The van der Waals surface area contributed by atoms with E-state index in [1.54, 1.807) is 12.1 Å². The standard InChI is InChI=1S/C16H22FNO3/c1-3-21-14-8-10-18(11-9-14)15(16(19)20-2)12-4-6-13(17)7-5-12/h4-7,14-15H,3,8-11H2,1-2H3. The third-order valence-electron chi connectivity index (χ3n) is 3.85. The fraction of sp³-hybridized carbons (Fsp3) is 0.562. The number of piperidine rings is 1. The van der Waals surface area contributed by atoms with Crippen molar-refractivity contribution in [2.24, 2.45) is 0 Å². The lowest BCUT2D eigenvalue weighted by Crippen LogP contribution is -2.42. The van der Waals surface area contributed by atoms with Crippen LogP contribution in [0.15, 0.2) is 24.3 Å². The Kier molecular flexibility index (Phi) is 5.70. The molecule has 4 nitrogen and oxygen atoms in total. The molecule has 1 aromatic carbocycles. The van der Waals surface area contributed by atoms with Gasteiger partial charge in [-0.1, -0.05) is 12.1 Å². The summed E-state index contributed by atoms with van der Waals surface area (Å²) in [6.45, 7) is 4.23. The van der Waals surface area contributed by atoms with Crippen LogP contribution in [0.2, 0.25) is 0 Å². The summed E-state index contributed by atoms with van der Waals surface area (Å²) in [7, 11) is 1.38. The van der Waals surface area contributed by atoms with Crippen LogP contribution in [-0.2, 0) is 14.3 Å². The van der Waals surface area contributed by atoms with Crippen LogP contribution in [0.3, 0.4) is 0 Å². The molecule has 1 atom stereocenters. The van der Waals surface area contributed by atoms with Gasteiger partial charge in [0.1, 0.15) is 11.9 Å². The number of hydrogen-bond acceptors (Lipinski definition) is 4. The second-order valence-corrected chi connectivity index (χ2v) is 5.17. The van der Waals surface area contributed by atoms with Gasteiger partial charge in [-0.25, -0.2) is 9.18 Å². The van der Waals surface area contributed by atoms with E-state index in [9.17, 15) is 9.18 Å². The van der Waals surface area contributed by atoms with Crippen molar-refractivity contribution in [3.05, 3.63) is 35.6 Å². The molecule has 0 aliphatic carbocycles. The topological polar surface area (TPSA) is 38.8 Å². The first-order chi connectivity index (χ1) is 10.2. The van der Waals surface area contributed by atoms with E-state index < -0.39 is 6.04 Å². The Morgan fingerprint density at radius 3 is 2.48 bits per heavy atom. The summed E-state index contributed by atoms with van der Waals surface area (Å²) in [6.07, 6.45) is 2.04. The highest BCUT2D eigenvalue weighted by atomic mass is 19.1. The number of carbonyl (C=O) groups excluding carboxylic acids is 1. The van der Waals surface area contributed by atoms with Gasteiger partial charge in [-0.3, -0.25) is 4.90 Å². The maximum Gasteiger partial charge on any atom is 0.327 e. The molecule has 1 aliphatic rings. The van der Waals surface area contributed by atoms with Gasteiger partial charge in [-0.2, -0.15) is 0 Å². The highest BCUT2D eigenvalue weighted by Gasteiger charge is 2.31. The Balaban J connectivity index is 2.10. The SMILES string of the molecule is CCOC1CCN(C(C(=O)OC)c2ccc(F)cc2)CC1. The van der Waals surface area contributed by atoms with Gasteiger partial charge >= 0.3 is 5.97 Å². The average Bonchev–Trinajstić information content (AvgIpc) is 2.51. The first kappa shape index (κ1) is 15.9. The van der Waals surface area contributed by atoms with E-state index in [1.165, 1.54) is 19.2 Å². The average molecular weight is 295 g/mol. The van der Waals surface area contributed by atoms with Crippen LogP contribution in [-0.4, -0.2) is 43.8 Å². The van der Waals surface area contributed by atoms with Crippen molar-refractivity contribution < 1.29 is 18.7 Å². The highest BCUT2D eigenvalue weighted by molar-refractivity contribution is 5.77. The molecule has 0 N–H and O–H groups in total. The van der Waals surface area contributed by atoms with Gasteiger partial charge in [0.25, 0.3) is 0 Å². The van der Waals surface area contributed by atoms with Crippen LogP contribution < -0.4 is 0 Å². The van der Waals surface area contributed by atoms with Crippen LogP contribution >= 0.6 is 0 Å². The number of esters is 1. The van der Waals surface area contributed by atoms with Gasteiger partial charge < -0.3 is 9.47 Å². The van der Waals surface area contributed by atoms with Crippen molar-refractivity contribution in [2.45, 2.75) is 31.9 Å². The molecule has 1 unspecified atom stereocenters. The maximum atomic E-state index is 13.1. The zero-order chi connectivity index (χ0) is 15.2. The van der Waals surface area contributed by atoms with Crippen LogP contribution in [0.25, 0.3) is 0 Å². The van der Waals surface area contributed by atoms with Crippen LogP contribution in [0.4, 0.5) is 4.39 Å². The van der Waals surface area contributed by atoms with E-state index >= 15 is 0 Å². The number of rotatable bonds is 5. The van der Waals surface area contributed by atoms with E-state index in [0.717, 1.165) is 31.5 Å². The number of likely N-dealkylation sites (tertiary alicyclic amines) is 1. The number of carbonyl (C=O) groups is 1. The largest absolute Gasteiger partial charge is 0.468 e. The number of halogens is 1. The number of benzene rings is 1. The predicted octanol–water partition coefficient (Wildman–Crippen LogP) is 2.54. The second-order valence-electron chi connectivity index (χ2n) is 5.17. The molecule has 0 aromatic heterocycles. The molecule has 1 saturated heterocycles. The summed E-state index contributed by atoms with van der Waals surface area (Å²) in [5.74, 6) is -0.617. The number of methoxy groups -OCH3 is 1. The Hall–Kier alpha value is -1.46. The van der Waals surface area contributed by atoms with Gasteiger partial charge in [0.2, 0.25) is 0 Å². The van der Waals surface area contributed by atoms with Crippen molar-refractivity contribution in [3.8, 4) is 0 Å². The monoisotopic (exact) mass is 295 g/mol. The minimum atomic E-state index is -0.474. The molecule has 2 rings (SSSR count). The molecular weight excluding hydrogens is 273 g/mol. The lowest BCUT2D eigenvalue weighted by molar-refractivity contribution is -0.148. The lowest BCUT2D eigenvalue weighted by Gasteiger charge is -2.36. The molecule has 116 valence electrons. The summed E-state index contributed by atoms with van der Waals surface area (Å²) >= 11 is 0. The van der Waals surface area contributed by atoms with E-state index in [1.807, 2.05) is 6.92 Å². The summed E-state index contributed by atoms with van der Waals surface area (Å²) < 4.78 is 23.6. The van der Waals surface area contributed by atoms with Crippen LogP contribution in [0.5, 0.6) is 0 Å². The van der Waals surface area contributed by atoms with Gasteiger partial charge in [-0.15, -0.1) is 0 Å². The number of ether oxygens (including phenoxy) is 2. The van der Waals surface area contributed by atoms with E-state index in [-0.39, 0.29) is 17.9 Å². The van der Waals surface area contributed by atoms with Gasteiger partial charge in [0, 0.05) is 19.7 Å². The van der Waals surface area contributed by atoms with Crippen molar-refractivity contribution in [1.82, 2.24) is 4.90 Å². The highest BCUT2D eigenvalue weighted by Crippen LogP contribution is 2.27. The molecular formula is C16H22FNO3. The quantitative estimate of drug-likeness (QED) is 0.783. The normalized spacial score (nSPS) is 18.4.